The Morgan fingerprint density at radius 2 is 1.84 bits per heavy atom. The van der Waals surface area contributed by atoms with Gasteiger partial charge in [-0.25, -0.2) is 13.1 Å². The molecule has 1 atom stereocenters. The number of alkyl halides is 3. The predicted octanol–water partition coefficient (Wildman–Crippen LogP) is 3.18. The van der Waals surface area contributed by atoms with E-state index in [2.05, 4.69) is 16.6 Å². The van der Waals surface area contributed by atoms with E-state index in [-0.39, 0.29) is 34.9 Å². The van der Waals surface area contributed by atoms with Gasteiger partial charge >= 0.3 is 6.18 Å². The van der Waals surface area contributed by atoms with Gasteiger partial charge in [0.2, 0.25) is 10.0 Å². The number of hydrogen-bond donors (Lipinski definition) is 2. The second-order valence-electron chi connectivity index (χ2n) is 8.48. The molecule has 0 aromatic heterocycles. The van der Waals surface area contributed by atoms with Crippen LogP contribution in [0, 0.1) is 11.8 Å². The Labute approximate surface area is 219 Å². The second kappa shape index (κ2) is 11.0. The highest BCUT2D eigenvalue weighted by atomic mass is 35.5. The fraction of sp³-hybridized carbons (Fsp3) is 0.400. The van der Waals surface area contributed by atoms with Crippen LogP contribution in [-0.2, 0) is 26.6 Å². The fourth-order valence-electron chi connectivity index (χ4n) is 4.25. The van der Waals surface area contributed by atoms with Crippen molar-refractivity contribution in [3.05, 3.63) is 63.7 Å². The van der Waals surface area contributed by atoms with Crippen LogP contribution in [0.4, 0.5) is 18.9 Å². The van der Waals surface area contributed by atoms with Gasteiger partial charge < -0.3 is 14.9 Å². The van der Waals surface area contributed by atoms with E-state index in [1.807, 2.05) is 18.7 Å². The lowest BCUT2D eigenvalue weighted by Gasteiger charge is -2.27. The van der Waals surface area contributed by atoms with Crippen molar-refractivity contribution in [2.75, 3.05) is 43.9 Å². The maximum absolute atomic E-state index is 14.4. The zero-order valence-electron chi connectivity index (χ0n) is 20.5. The van der Waals surface area contributed by atoms with Crippen molar-refractivity contribution >= 4 is 33.2 Å². The number of fused-ring (bicyclic) bond motifs is 1. The normalized spacial score (nSPS) is 17.6. The molecule has 2 aromatic carbocycles. The highest BCUT2D eigenvalue weighted by molar-refractivity contribution is 7.88. The number of halogens is 4. The van der Waals surface area contributed by atoms with E-state index in [4.69, 9.17) is 11.6 Å². The summed E-state index contributed by atoms with van der Waals surface area (Å²) in [5.74, 6) is 4.06. The Morgan fingerprint density at radius 1 is 1.19 bits per heavy atom. The van der Waals surface area contributed by atoms with E-state index in [0.29, 0.717) is 19.6 Å². The predicted molar refractivity (Wildman–Crippen MR) is 136 cm³/mol. The molecule has 7 nitrogen and oxygen atoms in total. The fourth-order valence-corrected chi connectivity index (χ4v) is 4.86. The Bertz CT molecular complexity index is 1350. The van der Waals surface area contributed by atoms with Crippen molar-refractivity contribution in [3.8, 4) is 11.8 Å². The van der Waals surface area contributed by atoms with Crippen LogP contribution in [0.25, 0.3) is 0 Å². The molecule has 200 valence electrons. The molecule has 0 spiro atoms. The molecular formula is C25H27ClF3N3O4S. The van der Waals surface area contributed by atoms with Crippen LogP contribution in [0.2, 0.25) is 5.02 Å². The number of carbonyl (C=O) groups excluding carboxylic acids is 1. The molecule has 0 saturated carbocycles. The number of amides is 1. The van der Waals surface area contributed by atoms with Gasteiger partial charge in [0, 0.05) is 34.8 Å². The number of hydrogen-bond acceptors (Lipinski definition) is 5. The highest BCUT2D eigenvalue weighted by Crippen LogP contribution is 2.51. The summed E-state index contributed by atoms with van der Waals surface area (Å²) in [6.45, 7) is 5.22. The van der Waals surface area contributed by atoms with Gasteiger partial charge in [0.05, 0.1) is 24.1 Å². The third kappa shape index (κ3) is 6.10. The molecule has 1 unspecified atom stereocenters. The van der Waals surface area contributed by atoms with Crippen LogP contribution in [0.15, 0.2) is 36.4 Å². The summed E-state index contributed by atoms with van der Waals surface area (Å²) >= 11 is 6.27. The maximum Gasteiger partial charge on any atom is 0.416 e. The van der Waals surface area contributed by atoms with E-state index in [1.54, 1.807) is 6.07 Å². The minimum Gasteiger partial charge on any atom is -0.372 e. The standard InChI is InChI=1S/C25H27ClF3N3O4S/c1-4-31(5-2)13-14-32-21-16-17(9-8-12-30-37(3,35)36)15-19(25(27,28)29)22(21)24(34,23(32)33)18-10-6-7-11-20(18)26/h6-7,10-11,15-16,30,34H,4-5,12-14H2,1-3H3. The molecule has 0 bridgehead atoms. The van der Waals surface area contributed by atoms with Gasteiger partial charge in [0.25, 0.3) is 5.91 Å². The number of carbonyl (C=O) groups is 1. The lowest BCUT2D eigenvalue weighted by molar-refractivity contribution is -0.142. The largest absolute Gasteiger partial charge is 0.416 e. The summed E-state index contributed by atoms with van der Waals surface area (Å²) in [4.78, 5) is 16.8. The van der Waals surface area contributed by atoms with Crippen LogP contribution >= 0.6 is 11.6 Å². The molecule has 12 heteroatoms. The van der Waals surface area contributed by atoms with Crippen molar-refractivity contribution < 1.29 is 31.5 Å². The summed E-state index contributed by atoms with van der Waals surface area (Å²) in [5.41, 5.74) is -4.90. The summed E-state index contributed by atoms with van der Waals surface area (Å²) in [6.07, 6.45) is -4.02. The molecule has 0 fully saturated rings. The van der Waals surface area contributed by atoms with Crippen LogP contribution in [-0.4, -0.2) is 63.3 Å². The molecule has 1 aliphatic rings. The lowest BCUT2D eigenvalue weighted by atomic mass is 9.83. The summed E-state index contributed by atoms with van der Waals surface area (Å²) in [7, 11) is -3.54. The molecule has 1 heterocycles. The van der Waals surface area contributed by atoms with E-state index in [0.717, 1.165) is 17.2 Å². The Hall–Kier alpha value is -2.62. The molecule has 0 saturated heterocycles. The Kier molecular flexibility index (Phi) is 8.61. The highest BCUT2D eigenvalue weighted by Gasteiger charge is 2.56. The average molecular weight is 558 g/mol. The van der Waals surface area contributed by atoms with Gasteiger partial charge in [-0.3, -0.25) is 4.79 Å². The number of sulfonamides is 1. The lowest BCUT2D eigenvalue weighted by Crippen LogP contribution is -2.44. The number of nitrogens with one attached hydrogen (secondary N) is 1. The van der Waals surface area contributed by atoms with Crippen molar-refractivity contribution in [2.24, 2.45) is 0 Å². The van der Waals surface area contributed by atoms with Crippen molar-refractivity contribution in [1.29, 1.82) is 0 Å². The maximum atomic E-state index is 14.4. The van der Waals surface area contributed by atoms with Gasteiger partial charge in [-0.05, 0) is 31.3 Å². The molecule has 37 heavy (non-hydrogen) atoms. The van der Waals surface area contributed by atoms with E-state index in [1.165, 1.54) is 24.3 Å². The molecule has 0 aliphatic carbocycles. The zero-order chi connectivity index (χ0) is 27.6. The number of anilines is 1. The number of benzene rings is 2. The van der Waals surface area contributed by atoms with Gasteiger partial charge in [-0.15, -0.1) is 0 Å². The first-order valence-electron chi connectivity index (χ1n) is 11.4. The van der Waals surface area contributed by atoms with Gasteiger partial charge in [-0.2, -0.15) is 13.2 Å². The Morgan fingerprint density at radius 3 is 2.41 bits per heavy atom. The SMILES string of the molecule is CCN(CC)CCN1C(=O)C(O)(c2ccccc2Cl)c2c1cc(C#CCNS(C)(=O)=O)cc2C(F)(F)F. The van der Waals surface area contributed by atoms with Crippen LogP contribution < -0.4 is 9.62 Å². The van der Waals surface area contributed by atoms with Crippen LogP contribution in [0.3, 0.4) is 0 Å². The third-order valence-electron chi connectivity index (χ3n) is 6.08. The Balaban J connectivity index is 2.25. The molecule has 2 aromatic rings. The first kappa shape index (κ1) is 28.9. The molecule has 3 rings (SSSR count). The van der Waals surface area contributed by atoms with Crippen LogP contribution in [0.1, 0.15) is 36.1 Å². The quantitative estimate of drug-likeness (QED) is 0.487. The van der Waals surface area contributed by atoms with Gasteiger partial charge in [-0.1, -0.05) is 55.5 Å². The number of rotatable bonds is 8. The summed E-state index contributed by atoms with van der Waals surface area (Å²) in [6, 6.07) is 7.78. The third-order valence-corrected chi connectivity index (χ3v) is 7.08. The summed E-state index contributed by atoms with van der Waals surface area (Å²) in [5, 5.41) is 11.7. The van der Waals surface area contributed by atoms with E-state index >= 15 is 0 Å². The van der Waals surface area contributed by atoms with Crippen molar-refractivity contribution in [2.45, 2.75) is 25.6 Å². The molecule has 0 radical (unpaired) electrons. The van der Waals surface area contributed by atoms with E-state index in [9.17, 15) is 31.5 Å². The molecular weight excluding hydrogens is 531 g/mol. The van der Waals surface area contributed by atoms with Gasteiger partial charge in [0.15, 0.2) is 5.60 Å². The molecule has 1 amide bonds. The topological polar surface area (TPSA) is 89.9 Å². The number of nitrogens with zero attached hydrogens (tertiary/aromatic N) is 2. The minimum atomic E-state index is -4.95. The monoisotopic (exact) mass is 557 g/mol. The molecule has 1 aliphatic heterocycles. The van der Waals surface area contributed by atoms with E-state index < -0.39 is 38.8 Å². The summed E-state index contributed by atoms with van der Waals surface area (Å²) < 4.78 is 67.8. The number of aliphatic hydroxyl groups is 1. The second-order valence-corrected chi connectivity index (χ2v) is 10.7. The first-order chi connectivity index (χ1) is 17.2. The van der Waals surface area contributed by atoms with Crippen molar-refractivity contribution in [1.82, 2.24) is 9.62 Å². The smallest absolute Gasteiger partial charge is 0.372 e. The van der Waals surface area contributed by atoms with Gasteiger partial charge in [0.1, 0.15) is 0 Å². The van der Waals surface area contributed by atoms with Crippen LogP contribution in [0.5, 0.6) is 0 Å². The average Bonchev–Trinajstić information content (AvgIpc) is 3.03. The zero-order valence-corrected chi connectivity index (χ0v) is 22.1. The van der Waals surface area contributed by atoms with Crippen molar-refractivity contribution in [3.63, 3.8) is 0 Å². The number of likely N-dealkylation sites (N-methyl/N-ethyl adjacent to an activating group) is 1. The molecule has 2 N–H and O–H groups in total. The first-order valence-corrected chi connectivity index (χ1v) is 13.7. The minimum absolute atomic E-state index is 0.0179.